The Bertz CT molecular complexity index is 436. The Labute approximate surface area is 87.2 Å². The molecule has 0 saturated heterocycles. The zero-order valence-corrected chi connectivity index (χ0v) is 8.93. The maximum atomic E-state index is 11.0. The van der Waals surface area contributed by atoms with Crippen LogP contribution in [-0.4, -0.2) is 4.98 Å². The molecule has 0 bridgehead atoms. The summed E-state index contributed by atoms with van der Waals surface area (Å²) in [6.07, 6.45) is 3.47. The molecule has 0 fully saturated rings. The Morgan fingerprint density at radius 3 is 3.07 bits per heavy atom. The Kier molecular flexibility index (Phi) is 2.68. The Morgan fingerprint density at radius 2 is 2.29 bits per heavy atom. The molecule has 1 heterocycles. The van der Waals surface area contributed by atoms with Gasteiger partial charge in [0.1, 0.15) is 0 Å². The minimum Gasteiger partial charge on any atom is -0.255 e. The van der Waals surface area contributed by atoms with Gasteiger partial charge in [0.05, 0.1) is 10.2 Å². The van der Waals surface area contributed by atoms with Crippen molar-refractivity contribution < 1.29 is 5.11 Å². The summed E-state index contributed by atoms with van der Waals surface area (Å²) in [5.41, 5.74) is 2.14. The molecule has 0 unspecified atom stereocenters. The highest BCUT2D eigenvalue weighted by molar-refractivity contribution is 7.20. The third-order valence-electron chi connectivity index (χ3n) is 2.25. The number of aromatic nitrogens is 1. The number of aryl methyl sites for hydroxylation is 1. The minimum atomic E-state index is -0.0901. The first-order valence-electron chi connectivity index (χ1n) is 4.86. The van der Waals surface area contributed by atoms with Crippen molar-refractivity contribution in [2.24, 2.45) is 0 Å². The van der Waals surface area contributed by atoms with Crippen LogP contribution in [0.25, 0.3) is 10.2 Å². The summed E-state index contributed by atoms with van der Waals surface area (Å²) in [5.74, 6) is 0. The highest BCUT2D eigenvalue weighted by Gasteiger charge is 2.03. The molecule has 2 aromatic rings. The van der Waals surface area contributed by atoms with Gasteiger partial charge in [-0.2, -0.15) is 4.98 Å². The maximum Gasteiger partial charge on any atom is 0.327 e. The number of benzene rings is 1. The van der Waals surface area contributed by atoms with Crippen molar-refractivity contribution in [2.75, 3.05) is 0 Å². The molecule has 1 aromatic carbocycles. The lowest BCUT2D eigenvalue weighted by Gasteiger charge is -1.98. The average Bonchev–Trinajstić information content (AvgIpc) is 2.54. The lowest BCUT2D eigenvalue weighted by Crippen LogP contribution is -1.83. The molecule has 0 amide bonds. The highest BCUT2D eigenvalue weighted by atomic mass is 32.1. The molecule has 73 valence electrons. The van der Waals surface area contributed by atoms with Gasteiger partial charge in [0.2, 0.25) is 0 Å². The molecular formula is C11H12NOS. The molecule has 0 aliphatic heterocycles. The van der Waals surface area contributed by atoms with E-state index < -0.39 is 0 Å². The van der Waals surface area contributed by atoms with E-state index in [1.165, 1.54) is 29.7 Å². The molecule has 0 N–H and O–H groups in total. The molecule has 0 aliphatic carbocycles. The summed E-state index contributed by atoms with van der Waals surface area (Å²) in [6, 6.07) is 6.12. The quantitative estimate of drug-likeness (QED) is 0.752. The first-order chi connectivity index (χ1) is 6.79. The number of rotatable bonds is 3. The number of fused-ring (bicyclic) bond motifs is 1. The summed E-state index contributed by atoms with van der Waals surface area (Å²) in [6.45, 7) is 2.18. The minimum absolute atomic E-state index is 0.0901. The van der Waals surface area contributed by atoms with E-state index >= 15 is 0 Å². The van der Waals surface area contributed by atoms with Crippen molar-refractivity contribution in [2.45, 2.75) is 26.2 Å². The fourth-order valence-electron chi connectivity index (χ4n) is 1.49. The number of unbranched alkanes of at least 4 members (excludes halogenated alkanes) is 1. The lowest BCUT2D eigenvalue weighted by molar-refractivity contribution is 0.353. The predicted molar refractivity (Wildman–Crippen MR) is 58.4 cm³/mol. The lowest BCUT2D eigenvalue weighted by atomic mass is 10.1. The topological polar surface area (TPSA) is 32.8 Å². The normalized spacial score (nSPS) is 10.9. The van der Waals surface area contributed by atoms with Crippen molar-refractivity contribution in [1.29, 1.82) is 0 Å². The zero-order valence-electron chi connectivity index (χ0n) is 8.12. The van der Waals surface area contributed by atoms with E-state index in [0.717, 1.165) is 16.6 Å². The van der Waals surface area contributed by atoms with Crippen LogP contribution in [0.1, 0.15) is 25.3 Å². The van der Waals surface area contributed by atoms with Gasteiger partial charge in [-0.1, -0.05) is 30.7 Å². The van der Waals surface area contributed by atoms with E-state index in [0.29, 0.717) is 0 Å². The summed E-state index contributed by atoms with van der Waals surface area (Å²) in [7, 11) is 0. The van der Waals surface area contributed by atoms with Crippen LogP contribution in [0, 0.1) is 0 Å². The number of thiazole rings is 1. The van der Waals surface area contributed by atoms with Crippen molar-refractivity contribution in [3.05, 3.63) is 23.8 Å². The van der Waals surface area contributed by atoms with Gasteiger partial charge in [0.15, 0.2) is 0 Å². The molecular weight excluding hydrogens is 194 g/mol. The highest BCUT2D eigenvalue weighted by Crippen LogP contribution is 2.27. The van der Waals surface area contributed by atoms with Gasteiger partial charge in [0, 0.05) is 0 Å². The molecule has 0 saturated carbocycles. The van der Waals surface area contributed by atoms with Crippen LogP contribution in [0.2, 0.25) is 0 Å². The van der Waals surface area contributed by atoms with Crippen LogP contribution >= 0.6 is 11.3 Å². The summed E-state index contributed by atoms with van der Waals surface area (Å²) in [5, 5.41) is 10.9. The molecule has 3 heteroatoms. The molecule has 14 heavy (non-hydrogen) atoms. The largest absolute Gasteiger partial charge is 0.327 e. The monoisotopic (exact) mass is 206 g/mol. The number of nitrogens with zero attached hydrogens (tertiary/aromatic N) is 1. The predicted octanol–water partition coefficient (Wildman–Crippen LogP) is 3.78. The van der Waals surface area contributed by atoms with Crippen LogP contribution in [0.3, 0.4) is 0 Å². The standard InChI is InChI=1S/C11H12NOS/c1-2-3-4-8-5-6-10-9(7-8)12-11(13)14-10/h5-7H,2-4H2,1H3. The van der Waals surface area contributed by atoms with Crippen molar-refractivity contribution >= 4 is 21.6 Å². The summed E-state index contributed by atoms with van der Waals surface area (Å²) in [4.78, 5) is 3.94. The van der Waals surface area contributed by atoms with Crippen molar-refractivity contribution in [3.8, 4) is 5.19 Å². The van der Waals surface area contributed by atoms with Gasteiger partial charge in [-0.25, -0.2) is 0 Å². The van der Waals surface area contributed by atoms with Gasteiger partial charge in [-0.3, -0.25) is 5.11 Å². The second-order valence-corrected chi connectivity index (χ2v) is 4.38. The third-order valence-corrected chi connectivity index (χ3v) is 3.08. The van der Waals surface area contributed by atoms with Gasteiger partial charge in [0.25, 0.3) is 0 Å². The second-order valence-electron chi connectivity index (χ2n) is 3.39. The zero-order chi connectivity index (χ0) is 9.97. The van der Waals surface area contributed by atoms with Crippen molar-refractivity contribution in [1.82, 2.24) is 4.98 Å². The SMILES string of the molecule is CCCCc1ccc2sc([O])nc2c1. The summed E-state index contributed by atoms with van der Waals surface area (Å²) >= 11 is 1.22. The first kappa shape index (κ1) is 9.46. The third kappa shape index (κ3) is 1.87. The van der Waals surface area contributed by atoms with Gasteiger partial charge in [-0.05, 0) is 30.5 Å². The van der Waals surface area contributed by atoms with Gasteiger partial charge in [-0.15, -0.1) is 0 Å². The van der Waals surface area contributed by atoms with Gasteiger partial charge >= 0.3 is 5.19 Å². The average molecular weight is 206 g/mol. The molecule has 1 radical (unpaired) electrons. The molecule has 2 nitrogen and oxygen atoms in total. The number of hydrogen-bond acceptors (Lipinski definition) is 2. The van der Waals surface area contributed by atoms with E-state index in [1.54, 1.807) is 0 Å². The maximum absolute atomic E-state index is 11.0. The van der Waals surface area contributed by atoms with Gasteiger partial charge < -0.3 is 0 Å². The fraction of sp³-hybridized carbons (Fsp3) is 0.364. The van der Waals surface area contributed by atoms with E-state index in [9.17, 15) is 5.11 Å². The van der Waals surface area contributed by atoms with Crippen LogP contribution in [0.5, 0.6) is 5.19 Å². The molecule has 2 rings (SSSR count). The fourth-order valence-corrected chi connectivity index (χ4v) is 2.17. The Hall–Kier alpha value is -1.09. The van der Waals surface area contributed by atoms with Crippen LogP contribution in [-0.2, 0) is 11.5 Å². The molecule has 0 spiro atoms. The number of hydrogen-bond donors (Lipinski definition) is 0. The van der Waals surface area contributed by atoms with E-state index in [1.807, 2.05) is 12.1 Å². The van der Waals surface area contributed by atoms with Crippen LogP contribution in [0.4, 0.5) is 0 Å². The van der Waals surface area contributed by atoms with E-state index in [2.05, 4.69) is 18.0 Å². The Balaban J connectivity index is 2.31. The smallest absolute Gasteiger partial charge is 0.255 e. The Morgan fingerprint density at radius 1 is 1.43 bits per heavy atom. The van der Waals surface area contributed by atoms with E-state index in [4.69, 9.17) is 0 Å². The summed E-state index contributed by atoms with van der Waals surface area (Å²) < 4.78 is 0.996. The van der Waals surface area contributed by atoms with E-state index in [-0.39, 0.29) is 5.19 Å². The molecule has 1 aromatic heterocycles. The van der Waals surface area contributed by atoms with Crippen LogP contribution < -0.4 is 0 Å². The first-order valence-corrected chi connectivity index (χ1v) is 5.67. The second kappa shape index (κ2) is 3.96. The molecule has 0 aliphatic rings. The van der Waals surface area contributed by atoms with Crippen LogP contribution in [0.15, 0.2) is 18.2 Å². The van der Waals surface area contributed by atoms with Crippen molar-refractivity contribution in [3.63, 3.8) is 0 Å². The molecule has 0 atom stereocenters.